The SMILES string of the molecule is c1ccc(-c2nnc([C@H]3CCN(Cc4cccs4)C3)o2)cc1. The Morgan fingerprint density at radius 1 is 1.14 bits per heavy atom. The van der Waals surface area contributed by atoms with Gasteiger partial charge in [-0.05, 0) is 36.5 Å². The van der Waals surface area contributed by atoms with E-state index in [2.05, 4.69) is 32.6 Å². The molecule has 1 aromatic carbocycles. The van der Waals surface area contributed by atoms with Gasteiger partial charge in [0.05, 0.1) is 5.92 Å². The highest BCUT2D eigenvalue weighted by Gasteiger charge is 2.28. The van der Waals surface area contributed by atoms with Gasteiger partial charge in [-0.1, -0.05) is 24.3 Å². The minimum atomic E-state index is 0.352. The van der Waals surface area contributed by atoms with Crippen LogP contribution in [0.25, 0.3) is 11.5 Å². The summed E-state index contributed by atoms with van der Waals surface area (Å²) < 4.78 is 5.89. The second kappa shape index (κ2) is 6.02. The van der Waals surface area contributed by atoms with E-state index in [9.17, 15) is 0 Å². The molecule has 0 saturated carbocycles. The first-order chi connectivity index (χ1) is 10.9. The predicted octanol–water partition coefficient (Wildman–Crippen LogP) is 3.79. The molecular formula is C17H17N3OS. The summed E-state index contributed by atoms with van der Waals surface area (Å²) in [6, 6.07) is 14.2. The number of aromatic nitrogens is 2. The average molecular weight is 311 g/mol. The second-order valence-electron chi connectivity index (χ2n) is 5.61. The minimum Gasteiger partial charge on any atom is -0.420 e. The van der Waals surface area contributed by atoms with Gasteiger partial charge in [0.15, 0.2) is 0 Å². The Bertz CT molecular complexity index is 723. The third kappa shape index (κ3) is 2.82. The number of thiophene rings is 1. The molecule has 0 radical (unpaired) electrons. The van der Waals surface area contributed by atoms with Crippen LogP contribution in [-0.2, 0) is 6.54 Å². The quantitative estimate of drug-likeness (QED) is 0.735. The van der Waals surface area contributed by atoms with Gasteiger partial charge in [-0.25, -0.2) is 0 Å². The van der Waals surface area contributed by atoms with E-state index in [-0.39, 0.29) is 0 Å². The molecule has 22 heavy (non-hydrogen) atoms. The number of hydrogen-bond acceptors (Lipinski definition) is 5. The minimum absolute atomic E-state index is 0.352. The maximum Gasteiger partial charge on any atom is 0.247 e. The van der Waals surface area contributed by atoms with E-state index in [1.165, 1.54) is 4.88 Å². The van der Waals surface area contributed by atoms with Crippen LogP contribution in [0.4, 0.5) is 0 Å². The van der Waals surface area contributed by atoms with E-state index in [4.69, 9.17) is 4.42 Å². The molecule has 1 aliphatic heterocycles. The molecule has 0 spiro atoms. The molecule has 1 fully saturated rings. The summed E-state index contributed by atoms with van der Waals surface area (Å²) in [6.45, 7) is 3.10. The third-order valence-electron chi connectivity index (χ3n) is 4.04. The molecule has 3 heterocycles. The van der Waals surface area contributed by atoms with E-state index >= 15 is 0 Å². The van der Waals surface area contributed by atoms with Crippen molar-refractivity contribution in [2.45, 2.75) is 18.9 Å². The van der Waals surface area contributed by atoms with Crippen LogP contribution >= 0.6 is 11.3 Å². The standard InChI is InChI=1S/C17H17N3OS/c1-2-5-13(6-3-1)16-18-19-17(21-16)14-8-9-20(11-14)12-15-7-4-10-22-15/h1-7,10,14H,8-9,11-12H2/t14-/m0/s1. The van der Waals surface area contributed by atoms with E-state index in [0.29, 0.717) is 11.8 Å². The van der Waals surface area contributed by atoms with E-state index in [0.717, 1.165) is 37.5 Å². The smallest absolute Gasteiger partial charge is 0.247 e. The van der Waals surface area contributed by atoms with Gasteiger partial charge >= 0.3 is 0 Å². The van der Waals surface area contributed by atoms with Crippen molar-refractivity contribution in [2.24, 2.45) is 0 Å². The molecule has 2 aromatic heterocycles. The summed E-state index contributed by atoms with van der Waals surface area (Å²) in [5, 5.41) is 10.6. The summed E-state index contributed by atoms with van der Waals surface area (Å²) in [4.78, 5) is 3.87. The van der Waals surface area contributed by atoms with Gasteiger partial charge in [-0.15, -0.1) is 21.5 Å². The van der Waals surface area contributed by atoms with Crippen molar-refractivity contribution in [3.05, 3.63) is 58.6 Å². The van der Waals surface area contributed by atoms with Crippen molar-refractivity contribution in [1.82, 2.24) is 15.1 Å². The average Bonchev–Trinajstić information content (AvgIpc) is 3.30. The van der Waals surface area contributed by atoms with Crippen molar-refractivity contribution in [3.8, 4) is 11.5 Å². The van der Waals surface area contributed by atoms with Crippen LogP contribution in [-0.4, -0.2) is 28.2 Å². The lowest BCUT2D eigenvalue weighted by atomic mass is 10.1. The van der Waals surface area contributed by atoms with Crippen molar-refractivity contribution in [3.63, 3.8) is 0 Å². The lowest BCUT2D eigenvalue weighted by Gasteiger charge is -2.13. The van der Waals surface area contributed by atoms with Crippen LogP contribution in [0.2, 0.25) is 0 Å². The normalized spacial score (nSPS) is 18.8. The van der Waals surface area contributed by atoms with Gasteiger partial charge in [-0.3, -0.25) is 4.90 Å². The van der Waals surface area contributed by atoms with Gasteiger partial charge in [0.1, 0.15) is 0 Å². The Morgan fingerprint density at radius 2 is 2.05 bits per heavy atom. The van der Waals surface area contributed by atoms with Gasteiger partial charge in [-0.2, -0.15) is 0 Å². The molecule has 112 valence electrons. The Kier molecular flexibility index (Phi) is 3.74. The zero-order valence-corrected chi connectivity index (χ0v) is 13.0. The van der Waals surface area contributed by atoms with E-state index < -0.39 is 0 Å². The van der Waals surface area contributed by atoms with Gasteiger partial charge in [0.25, 0.3) is 0 Å². The first-order valence-corrected chi connectivity index (χ1v) is 8.40. The summed E-state index contributed by atoms with van der Waals surface area (Å²) in [5.74, 6) is 1.74. The van der Waals surface area contributed by atoms with Crippen LogP contribution in [0.15, 0.2) is 52.3 Å². The fourth-order valence-electron chi connectivity index (χ4n) is 2.90. The van der Waals surface area contributed by atoms with E-state index in [1.54, 1.807) is 0 Å². The molecule has 4 nitrogen and oxygen atoms in total. The number of hydrogen-bond donors (Lipinski definition) is 0. The zero-order valence-electron chi connectivity index (χ0n) is 12.2. The Balaban J connectivity index is 1.44. The molecule has 4 rings (SSSR count). The fraction of sp³-hybridized carbons (Fsp3) is 0.294. The molecular weight excluding hydrogens is 294 g/mol. The molecule has 0 N–H and O–H groups in total. The van der Waals surface area contributed by atoms with Crippen LogP contribution in [0.1, 0.15) is 23.1 Å². The molecule has 0 bridgehead atoms. The van der Waals surface area contributed by atoms with Crippen molar-refractivity contribution < 1.29 is 4.42 Å². The summed E-state index contributed by atoms with van der Waals surface area (Å²) >= 11 is 1.82. The molecule has 1 aliphatic rings. The highest BCUT2D eigenvalue weighted by atomic mass is 32.1. The maximum atomic E-state index is 5.89. The van der Waals surface area contributed by atoms with Crippen molar-refractivity contribution >= 4 is 11.3 Å². The number of benzene rings is 1. The second-order valence-corrected chi connectivity index (χ2v) is 6.64. The largest absolute Gasteiger partial charge is 0.420 e. The highest BCUT2D eigenvalue weighted by molar-refractivity contribution is 7.09. The van der Waals surface area contributed by atoms with Gasteiger partial charge < -0.3 is 4.42 Å². The molecule has 0 aliphatic carbocycles. The van der Waals surface area contributed by atoms with Crippen LogP contribution < -0.4 is 0 Å². The van der Waals surface area contributed by atoms with Gasteiger partial charge in [0.2, 0.25) is 11.8 Å². The first-order valence-electron chi connectivity index (χ1n) is 7.52. The molecule has 1 atom stereocenters. The topological polar surface area (TPSA) is 42.2 Å². The third-order valence-corrected chi connectivity index (χ3v) is 4.90. The van der Waals surface area contributed by atoms with Crippen LogP contribution in [0, 0.1) is 0 Å². The Labute approximate surface area is 133 Å². The van der Waals surface area contributed by atoms with Crippen LogP contribution in [0.3, 0.4) is 0 Å². The highest BCUT2D eigenvalue weighted by Crippen LogP contribution is 2.29. The van der Waals surface area contributed by atoms with Crippen molar-refractivity contribution in [2.75, 3.05) is 13.1 Å². The zero-order chi connectivity index (χ0) is 14.8. The summed E-state index contributed by atoms with van der Waals surface area (Å²) in [6.07, 6.45) is 1.09. The maximum absolute atomic E-state index is 5.89. The van der Waals surface area contributed by atoms with Crippen LogP contribution in [0.5, 0.6) is 0 Å². The Hall–Kier alpha value is -1.98. The predicted molar refractivity (Wildman–Crippen MR) is 86.7 cm³/mol. The lowest BCUT2D eigenvalue weighted by molar-refractivity contribution is 0.323. The van der Waals surface area contributed by atoms with E-state index in [1.807, 2.05) is 41.7 Å². The molecule has 3 aromatic rings. The molecule has 1 saturated heterocycles. The van der Waals surface area contributed by atoms with Gasteiger partial charge in [0, 0.05) is 23.5 Å². The molecule has 5 heteroatoms. The number of rotatable bonds is 4. The summed E-state index contributed by atoms with van der Waals surface area (Å²) in [7, 11) is 0. The fourth-order valence-corrected chi connectivity index (χ4v) is 3.64. The Morgan fingerprint density at radius 3 is 2.86 bits per heavy atom. The number of nitrogens with zero attached hydrogens (tertiary/aromatic N) is 3. The lowest BCUT2D eigenvalue weighted by Crippen LogP contribution is -2.19. The molecule has 0 unspecified atom stereocenters. The summed E-state index contributed by atoms with van der Waals surface area (Å²) in [5.41, 5.74) is 0.981. The first kappa shape index (κ1) is 13.7. The number of likely N-dealkylation sites (tertiary alicyclic amines) is 1. The monoisotopic (exact) mass is 311 g/mol. The molecule has 0 amide bonds. The van der Waals surface area contributed by atoms with Crippen molar-refractivity contribution in [1.29, 1.82) is 0 Å².